The molecule has 1 heterocycles. The van der Waals surface area contributed by atoms with Gasteiger partial charge < -0.3 is 4.42 Å². The second-order valence-electron chi connectivity index (χ2n) is 3.92. The fourth-order valence-electron chi connectivity index (χ4n) is 1.82. The molecule has 2 aromatic carbocycles. The third-order valence-electron chi connectivity index (χ3n) is 2.65. The van der Waals surface area contributed by atoms with Gasteiger partial charge in [0.1, 0.15) is 5.52 Å². The topological polar surface area (TPSA) is 69.2 Å². The minimum Gasteiger partial charge on any atom is -0.429 e. The van der Waals surface area contributed by atoms with Crippen molar-refractivity contribution in [2.24, 2.45) is 0 Å². The molecule has 0 fully saturated rings. The monoisotopic (exact) mass is 274 g/mol. The van der Waals surface area contributed by atoms with Crippen molar-refractivity contribution >= 4 is 28.4 Å². The van der Waals surface area contributed by atoms with E-state index in [2.05, 4.69) is 4.98 Å². The molecule has 5 nitrogen and oxygen atoms in total. The SMILES string of the molecule is O=[N+]([O-])c1cc(Cl)cc2nc(-c3ccccc3)oc12. The number of hydrogen-bond donors (Lipinski definition) is 0. The fourth-order valence-corrected chi connectivity index (χ4v) is 2.03. The van der Waals surface area contributed by atoms with E-state index < -0.39 is 4.92 Å². The first-order chi connectivity index (χ1) is 9.15. The summed E-state index contributed by atoms with van der Waals surface area (Å²) in [5.74, 6) is 0.334. The Morgan fingerprint density at radius 1 is 1.21 bits per heavy atom. The van der Waals surface area contributed by atoms with Crippen LogP contribution in [0.5, 0.6) is 0 Å². The lowest BCUT2D eigenvalue weighted by Crippen LogP contribution is -1.88. The van der Waals surface area contributed by atoms with Crippen molar-refractivity contribution in [1.82, 2.24) is 4.98 Å². The second-order valence-corrected chi connectivity index (χ2v) is 4.35. The van der Waals surface area contributed by atoms with Crippen LogP contribution in [0.4, 0.5) is 5.69 Å². The van der Waals surface area contributed by atoms with Crippen molar-refractivity contribution in [3.05, 3.63) is 57.6 Å². The highest BCUT2D eigenvalue weighted by Gasteiger charge is 2.20. The fraction of sp³-hybridized carbons (Fsp3) is 0. The highest BCUT2D eigenvalue weighted by Crippen LogP contribution is 2.33. The van der Waals surface area contributed by atoms with E-state index in [1.54, 1.807) is 6.07 Å². The summed E-state index contributed by atoms with van der Waals surface area (Å²) in [6.45, 7) is 0. The highest BCUT2D eigenvalue weighted by atomic mass is 35.5. The van der Waals surface area contributed by atoms with E-state index in [0.717, 1.165) is 5.56 Å². The Bertz CT molecular complexity index is 768. The number of hydrogen-bond acceptors (Lipinski definition) is 4. The first-order valence-corrected chi connectivity index (χ1v) is 5.83. The van der Waals surface area contributed by atoms with Crippen LogP contribution in [0.15, 0.2) is 46.9 Å². The number of non-ortho nitro benzene ring substituents is 1. The van der Waals surface area contributed by atoms with Crippen molar-refractivity contribution in [3.8, 4) is 11.5 Å². The van der Waals surface area contributed by atoms with Gasteiger partial charge >= 0.3 is 5.69 Å². The zero-order valence-electron chi connectivity index (χ0n) is 9.54. The van der Waals surface area contributed by atoms with Gasteiger partial charge in [-0.15, -0.1) is 0 Å². The average Bonchev–Trinajstić information content (AvgIpc) is 2.82. The number of benzene rings is 2. The molecule has 0 aliphatic heterocycles. The zero-order valence-corrected chi connectivity index (χ0v) is 10.3. The summed E-state index contributed by atoms with van der Waals surface area (Å²) in [6.07, 6.45) is 0. The number of nitrogens with zero attached hydrogens (tertiary/aromatic N) is 2. The standard InChI is InChI=1S/C13H7ClN2O3/c14-9-6-10-12(11(7-9)16(17)18)19-13(15-10)8-4-2-1-3-5-8/h1-7H. The van der Waals surface area contributed by atoms with Crippen LogP contribution in [-0.2, 0) is 0 Å². The maximum Gasteiger partial charge on any atom is 0.315 e. The normalized spacial score (nSPS) is 10.8. The molecule has 19 heavy (non-hydrogen) atoms. The van der Waals surface area contributed by atoms with Crippen molar-refractivity contribution in [3.63, 3.8) is 0 Å². The molecular formula is C13H7ClN2O3. The quantitative estimate of drug-likeness (QED) is 0.522. The molecule has 0 radical (unpaired) electrons. The average molecular weight is 275 g/mol. The summed E-state index contributed by atoms with van der Waals surface area (Å²) in [6, 6.07) is 12.0. The van der Waals surface area contributed by atoms with Gasteiger partial charge in [0.2, 0.25) is 11.5 Å². The molecule has 0 aliphatic carbocycles. The van der Waals surface area contributed by atoms with Crippen LogP contribution in [0.2, 0.25) is 5.02 Å². The Morgan fingerprint density at radius 3 is 2.63 bits per heavy atom. The van der Waals surface area contributed by atoms with Gasteiger partial charge in [-0.25, -0.2) is 4.98 Å². The predicted octanol–water partition coefficient (Wildman–Crippen LogP) is 4.06. The number of nitro groups is 1. The number of rotatable bonds is 2. The maximum absolute atomic E-state index is 11.0. The minimum absolute atomic E-state index is 0.133. The number of oxazole rings is 1. The molecular weight excluding hydrogens is 268 g/mol. The molecule has 0 aliphatic rings. The maximum atomic E-state index is 11.0. The third-order valence-corrected chi connectivity index (χ3v) is 2.87. The molecule has 3 aromatic rings. The van der Waals surface area contributed by atoms with Crippen LogP contribution in [0, 0.1) is 10.1 Å². The van der Waals surface area contributed by atoms with Gasteiger partial charge in [0, 0.05) is 16.7 Å². The Labute approximate surface area is 112 Å². The first-order valence-electron chi connectivity index (χ1n) is 5.45. The molecule has 0 N–H and O–H groups in total. The summed E-state index contributed by atoms with van der Waals surface area (Å²) < 4.78 is 5.49. The lowest BCUT2D eigenvalue weighted by Gasteiger charge is -1.93. The molecule has 0 saturated carbocycles. The molecule has 0 amide bonds. The van der Waals surface area contributed by atoms with Gasteiger partial charge in [-0.05, 0) is 18.2 Å². The van der Waals surface area contributed by atoms with E-state index in [0.29, 0.717) is 11.4 Å². The zero-order chi connectivity index (χ0) is 13.4. The first kappa shape index (κ1) is 11.7. The Balaban J connectivity index is 2.26. The largest absolute Gasteiger partial charge is 0.429 e. The molecule has 3 rings (SSSR count). The Morgan fingerprint density at radius 2 is 1.95 bits per heavy atom. The molecule has 6 heteroatoms. The van der Waals surface area contributed by atoms with Crippen LogP contribution in [0.1, 0.15) is 0 Å². The van der Waals surface area contributed by atoms with E-state index in [1.807, 2.05) is 30.3 Å². The van der Waals surface area contributed by atoms with E-state index in [9.17, 15) is 10.1 Å². The van der Waals surface area contributed by atoms with Gasteiger partial charge in [-0.2, -0.15) is 0 Å². The molecule has 0 saturated heterocycles. The van der Waals surface area contributed by atoms with Crippen molar-refractivity contribution in [1.29, 1.82) is 0 Å². The second kappa shape index (κ2) is 4.37. The summed E-state index contributed by atoms with van der Waals surface area (Å²) in [5, 5.41) is 11.2. The van der Waals surface area contributed by atoms with Gasteiger partial charge in [-0.3, -0.25) is 10.1 Å². The van der Waals surface area contributed by atoms with Crippen molar-refractivity contribution in [2.75, 3.05) is 0 Å². The molecule has 1 aromatic heterocycles. The molecule has 0 unspecified atom stereocenters. The van der Waals surface area contributed by atoms with E-state index in [1.165, 1.54) is 6.07 Å². The molecule has 0 bridgehead atoms. The lowest BCUT2D eigenvalue weighted by atomic mass is 10.2. The molecule has 0 spiro atoms. The van der Waals surface area contributed by atoms with Crippen molar-refractivity contribution in [2.45, 2.75) is 0 Å². The van der Waals surface area contributed by atoms with Crippen LogP contribution in [0.3, 0.4) is 0 Å². The minimum atomic E-state index is -0.534. The smallest absolute Gasteiger partial charge is 0.315 e. The van der Waals surface area contributed by atoms with Crippen LogP contribution >= 0.6 is 11.6 Å². The molecule has 94 valence electrons. The van der Waals surface area contributed by atoms with E-state index >= 15 is 0 Å². The summed E-state index contributed by atoms with van der Waals surface area (Å²) >= 11 is 5.84. The number of nitro benzene ring substituents is 1. The Kier molecular flexibility index (Phi) is 2.68. The van der Waals surface area contributed by atoms with E-state index in [-0.39, 0.29) is 16.3 Å². The third kappa shape index (κ3) is 2.04. The molecule has 0 atom stereocenters. The van der Waals surface area contributed by atoms with Crippen LogP contribution < -0.4 is 0 Å². The van der Waals surface area contributed by atoms with Crippen LogP contribution in [0.25, 0.3) is 22.6 Å². The highest BCUT2D eigenvalue weighted by molar-refractivity contribution is 6.31. The predicted molar refractivity (Wildman–Crippen MR) is 71.1 cm³/mol. The summed E-state index contributed by atoms with van der Waals surface area (Å²) in [5.41, 5.74) is 1.08. The van der Waals surface area contributed by atoms with Crippen molar-refractivity contribution < 1.29 is 9.34 Å². The Hall–Kier alpha value is -2.40. The number of fused-ring (bicyclic) bond motifs is 1. The lowest BCUT2D eigenvalue weighted by molar-refractivity contribution is -0.383. The van der Waals surface area contributed by atoms with Crippen LogP contribution in [-0.4, -0.2) is 9.91 Å². The number of halogens is 1. The van der Waals surface area contributed by atoms with E-state index in [4.69, 9.17) is 16.0 Å². The summed E-state index contributed by atoms with van der Waals surface area (Å²) in [7, 11) is 0. The van der Waals surface area contributed by atoms with Gasteiger partial charge in [0.05, 0.1) is 4.92 Å². The number of aromatic nitrogens is 1. The van der Waals surface area contributed by atoms with Gasteiger partial charge in [0.15, 0.2) is 0 Å². The van der Waals surface area contributed by atoms with Gasteiger partial charge in [-0.1, -0.05) is 29.8 Å². The summed E-state index contributed by atoms with van der Waals surface area (Å²) in [4.78, 5) is 14.7. The van der Waals surface area contributed by atoms with Gasteiger partial charge in [0.25, 0.3) is 0 Å².